The van der Waals surface area contributed by atoms with E-state index in [0.717, 1.165) is 6.42 Å². The van der Waals surface area contributed by atoms with Crippen molar-refractivity contribution in [3.05, 3.63) is 0 Å². The number of alkyl carbamates (subject to hydrolysis) is 2. The Balaban J connectivity index is 2.61. The van der Waals surface area contributed by atoms with Gasteiger partial charge in [0.25, 0.3) is 20.2 Å². The number of nitrogens with one attached hydrogen (secondary N) is 2. The van der Waals surface area contributed by atoms with E-state index in [0.29, 0.717) is 58.7 Å². The van der Waals surface area contributed by atoms with E-state index in [9.17, 15) is 36.6 Å². The first-order valence-electron chi connectivity index (χ1n) is 15.7. The van der Waals surface area contributed by atoms with Crippen LogP contribution in [0.3, 0.4) is 0 Å². The van der Waals surface area contributed by atoms with Gasteiger partial charge in [-0.15, -0.1) is 0 Å². The molecule has 4 unspecified atom stereocenters. The van der Waals surface area contributed by atoms with Gasteiger partial charge in [-0.1, -0.05) is 20.8 Å². The van der Waals surface area contributed by atoms with Gasteiger partial charge in [0.2, 0.25) is 0 Å². The van der Waals surface area contributed by atoms with Crippen LogP contribution in [-0.4, -0.2) is 161 Å². The number of nitrogens with zero attached hydrogens (tertiary/aromatic N) is 2. The van der Waals surface area contributed by atoms with Crippen molar-refractivity contribution >= 4 is 32.4 Å². The number of carbonyl (C=O) groups excluding carboxylic acids is 2. The van der Waals surface area contributed by atoms with E-state index in [2.05, 4.69) is 24.5 Å². The fourth-order valence-corrected chi connectivity index (χ4v) is 7.53. The van der Waals surface area contributed by atoms with Gasteiger partial charge in [-0.05, 0) is 30.1 Å². The fourth-order valence-electron chi connectivity index (χ4n) is 6.54. The van der Waals surface area contributed by atoms with Gasteiger partial charge < -0.3 is 39.3 Å². The number of carbonyl (C=O) groups is 2. The third kappa shape index (κ3) is 18.5. The Hall–Kier alpha value is -1.80. The van der Waals surface area contributed by atoms with Crippen LogP contribution in [0.2, 0.25) is 0 Å². The highest BCUT2D eigenvalue weighted by molar-refractivity contribution is 7.86. The van der Waals surface area contributed by atoms with Crippen LogP contribution in [0.5, 0.6) is 0 Å². The summed E-state index contributed by atoms with van der Waals surface area (Å²) in [5.74, 6) is -0.775. The number of aliphatic hydroxyl groups excluding tert-OH is 2. The van der Waals surface area contributed by atoms with Crippen LogP contribution in [-0.2, 0) is 29.7 Å². The van der Waals surface area contributed by atoms with Crippen LogP contribution in [0.25, 0.3) is 0 Å². The van der Waals surface area contributed by atoms with E-state index in [1.54, 1.807) is 0 Å². The van der Waals surface area contributed by atoms with Gasteiger partial charge in [0.15, 0.2) is 0 Å². The normalized spacial score (nSPS) is 22.7. The second kappa shape index (κ2) is 18.1. The molecule has 16 nitrogen and oxygen atoms in total. The minimum atomic E-state index is -4.09. The molecule has 272 valence electrons. The molecular weight excluding hydrogens is 648 g/mol. The molecule has 0 aromatic heterocycles. The highest BCUT2D eigenvalue weighted by Crippen LogP contribution is 2.45. The molecule has 2 amide bonds. The molecule has 1 saturated carbocycles. The first-order chi connectivity index (χ1) is 21.0. The maximum absolute atomic E-state index is 12.7. The first kappa shape index (κ1) is 42.2. The quantitative estimate of drug-likeness (QED) is 0.0707. The molecule has 0 bridgehead atoms. The lowest BCUT2D eigenvalue weighted by atomic mass is 9.62. The number of ether oxygens (including phenoxy) is 2. The number of hydrogen-bond donors (Lipinski definition) is 6. The van der Waals surface area contributed by atoms with E-state index >= 15 is 0 Å². The maximum Gasteiger partial charge on any atom is 0.407 e. The molecule has 0 spiro atoms. The zero-order valence-electron chi connectivity index (χ0n) is 28.1. The minimum absolute atomic E-state index is 0.0447. The smallest absolute Gasteiger partial charge is 0.407 e. The van der Waals surface area contributed by atoms with E-state index in [-0.39, 0.29) is 76.6 Å². The highest BCUT2D eigenvalue weighted by atomic mass is 32.2. The summed E-state index contributed by atoms with van der Waals surface area (Å²) in [5, 5.41) is 24.6. The Morgan fingerprint density at radius 2 is 1.22 bits per heavy atom. The van der Waals surface area contributed by atoms with E-state index in [1.807, 2.05) is 21.0 Å². The summed E-state index contributed by atoms with van der Waals surface area (Å²) in [7, 11) is -4.55. The molecule has 0 aliphatic heterocycles. The SMILES string of the molecule is CC1(C)CC(NC(=O)OCC[N+](C)(CCO)CCCS(=O)(=O)O)CC(C)(CNC(=O)OCC[N+](C)(CCO)CCCS(=O)(=O)O)C1. The number of likely N-dealkylation sites (N-methyl/N-ethyl adjacent to an activating group) is 2. The number of amides is 2. The lowest BCUT2D eigenvalue weighted by Gasteiger charge is -2.46. The number of hydrogen-bond acceptors (Lipinski definition) is 10. The van der Waals surface area contributed by atoms with Crippen LogP contribution in [0.4, 0.5) is 9.59 Å². The standard InChI is InChI=1S/C28H56N4O12S2/c1-27(2)20-24(30-26(36)44-17-13-32(5,11-15-34)9-7-19-46(40,41)42)21-28(3,22-27)23-29-25(35)43-16-12-31(4,10-14-33)8-6-18-45(37,38)39/h24,33-34H,6-23H2,1-5H3,(H2-2,29,30,35,36,37,38,39,40,41,42)/p+2. The van der Waals surface area contributed by atoms with Crippen molar-refractivity contribution in [2.24, 2.45) is 10.8 Å². The number of aliphatic hydroxyl groups is 2. The summed E-state index contributed by atoms with van der Waals surface area (Å²) in [4.78, 5) is 25.2. The molecule has 1 aliphatic carbocycles. The van der Waals surface area contributed by atoms with Crippen LogP contribution >= 0.6 is 0 Å². The fraction of sp³-hybridized carbons (Fsp3) is 0.929. The van der Waals surface area contributed by atoms with Gasteiger partial charge in [0.05, 0.1) is 51.9 Å². The number of rotatable bonds is 21. The van der Waals surface area contributed by atoms with Crippen molar-refractivity contribution in [2.75, 3.05) is 97.8 Å². The average Bonchev–Trinajstić information content (AvgIpc) is 2.85. The highest BCUT2D eigenvalue weighted by Gasteiger charge is 2.42. The predicted octanol–water partition coefficient (Wildman–Crippen LogP) is 0.457. The van der Waals surface area contributed by atoms with E-state index in [1.165, 1.54) is 0 Å². The van der Waals surface area contributed by atoms with Gasteiger partial charge in [-0.3, -0.25) is 9.11 Å². The summed E-state index contributed by atoms with van der Waals surface area (Å²) < 4.78 is 73.5. The summed E-state index contributed by atoms with van der Waals surface area (Å²) in [6.07, 6.45) is 1.26. The third-order valence-electron chi connectivity index (χ3n) is 8.63. The molecule has 18 heteroatoms. The van der Waals surface area contributed by atoms with Crippen LogP contribution < -0.4 is 10.6 Å². The minimum Gasteiger partial charge on any atom is -0.444 e. The van der Waals surface area contributed by atoms with E-state index in [4.69, 9.17) is 18.6 Å². The molecule has 46 heavy (non-hydrogen) atoms. The molecule has 0 heterocycles. The average molecular weight is 707 g/mol. The van der Waals surface area contributed by atoms with Crippen molar-refractivity contribution in [3.8, 4) is 0 Å². The molecule has 1 aliphatic rings. The predicted molar refractivity (Wildman–Crippen MR) is 171 cm³/mol. The third-order valence-corrected chi connectivity index (χ3v) is 10.2. The molecular formula is C28H58N4O12S2+2. The molecule has 0 saturated heterocycles. The Labute approximate surface area is 274 Å². The molecule has 1 rings (SSSR count). The molecule has 1 fully saturated rings. The zero-order valence-corrected chi connectivity index (χ0v) is 29.7. The van der Waals surface area contributed by atoms with Gasteiger partial charge in [0.1, 0.15) is 39.4 Å². The van der Waals surface area contributed by atoms with Gasteiger partial charge in [-0.2, -0.15) is 16.8 Å². The molecule has 6 N–H and O–H groups in total. The van der Waals surface area contributed by atoms with Gasteiger partial charge in [-0.25, -0.2) is 9.59 Å². The second-order valence-corrected chi connectivity index (χ2v) is 17.5. The van der Waals surface area contributed by atoms with Crippen LogP contribution in [0, 0.1) is 10.8 Å². The Kier molecular flexibility index (Phi) is 16.6. The molecule has 0 aromatic carbocycles. The molecule has 0 aromatic rings. The van der Waals surface area contributed by atoms with Crippen molar-refractivity contribution < 1.29 is 64.2 Å². The molecule has 0 radical (unpaired) electrons. The lowest BCUT2D eigenvalue weighted by Crippen LogP contribution is -2.52. The summed E-state index contributed by atoms with van der Waals surface area (Å²) in [6, 6.07) is -0.216. The van der Waals surface area contributed by atoms with Gasteiger partial charge >= 0.3 is 12.2 Å². The molecule has 4 atom stereocenters. The van der Waals surface area contributed by atoms with Crippen molar-refractivity contribution in [1.82, 2.24) is 10.6 Å². The first-order valence-corrected chi connectivity index (χ1v) is 18.9. The Bertz CT molecular complexity index is 1190. The summed E-state index contributed by atoms with van der Waals surface area (Å²) in [6.45, 7) is 8.45. The number of quaternary nitrogens is 2. The largest absolute Gasteiger partial charge is 0.444 e. The van der Waals surface area contributed by atoms with Crippen LogP contribution in [0.15, 0.2) is 0 Å². The van der Waals surface area contributed by atoms with Crippen LogP contribution in [0.1, 0.15) is 52.9 Å². The van der Waals surface area contributed by atoms with Crippen molar-refractivity contribution in [1.29, 1.82) is 0 Å². The Morgan fingerprint density at radius 1 is 0.761 bits per heavy atom. The van der Waals surface area contributed by atoms with E-state index < -0.39 is 32.4 Å². The topological polar surface area (TPSA) is 226 Å². The summed E-state index contributed by atoms with van der Waals surface area (Å²) >= 11 is 0. The second-order valence-electron chi connectivity index (χ2n) is 14.3. The van der Waals surface area contributed by atoms with Crippen molar-refractivity contribution in [3.63, 3.8) is 0 Å². The lowest BCUT2D eigenvalue weighted by molar-refractivity contribution is -0.910. The monoisotopic (exact) mass is 706 g/mol. The Morgan fingerprint density at radius 3 is 1.65 bits per heavy atom. The maximum atomic E-state index is 12.7. The zero-order chi connectivity index (χ0) is 35.3. The van der Waals surface area contributed by atoms with Gasteiger partial charge in [0, 0.05) is 25.4 Å². The van der Waals surface area contributed by atoms with Crippen molar-refractivity contribution in [2.45, 2.75) is 58.9 Å². The summed E-state index contributed by atoms with van der Waals surface area (Å²) in [5.41, 5.74) is -0.509.